The highest BCUT2D eigenvalue weighted by molar-refractivity contribution is 5.84. The van der Waals surface area contributed by atoms with Gasteiger partial charge in [-0.15, -0.1) is 5.10 Å². The van der Waals surface area contributed by atoms with Crippen LogP contribution in [0.5, 0.6) is 0 Å². The number of hydrogen-bond donors (Lipinski definition) is 2. The van der Waals surface area contributed by atoms with Gasteiger partial charge in [0.1, 0.15) is 11.6 Å². The molecule has 0 spiro atoms. The van der Waals surface area contributed by atoms with Crippen LogP contribution in [-0.4, -0.2) is 39.7 Å². The van der Waals surface area contributed by atoms with Crippen LogP contribution in [0.25, 0.3) is 39.0 Å². The number of nitrogens with zero attached hydrogens (tertiary/aromatic N) is 7. The number of hydrogen-bond acceptors (Lipinski definition) is 6. The number of imidazole rings is 1. The molecular formula is C24H16FN9O. The smallest absolute Gasteiger partial charge is 0.306 e. The Morgan fingerprint density at radius 3 is 2.80 bits per heavy atom. The second kappa shape index (κ2) is 7.74. The zero-order valence-corrected chi connectivity index (χ0v) is 18.3. The van der Waals surface area contributed by atoms with E-state index in [-0.39, 0.29) is 11.2 Å². The molecule has 35 heavy (non-hydrogen) atoms. The van der Waals surface area contributed by atoms with Crippen molar-refractivity contribution in [1.29, 1.82) is 5.26 Å². The second-order valence-electron chi connectivity index (χ2n) is 8.11. The van der Waals surface area contributed by atoms with Crippen LogP contribution in [-0.2, 0) is 6.54 Å². The summed E-state index contributed by atoms with van der Waals surface area (Å²) in [6, 6.07) is 14.1. The third kappa shape index (κ3) is 3.44. The quantitative estimate of drug-likeness (QED) is 0.411. The van der Waals surface area contributed by atoms with Crippen LogP contribution >= 0.6 is 0 Å². The van der Waals surface area contributed by atoms with Gasteiger partial charge in [0.05, 0.1) is 45.7 Å². The fraction of sp³-hybridized carbons (Fsp3) is 0.0833. The number of aromatic nitrogens is 8. The summed E-state index contributed by atoms with van der Waals surface area (Å²) in [5.41, 5.74) is 5.58. The fourth-order valence-electron chi connectivity index (χ4n) is 4.15. The number of nitriles is 1. The minimum atomic E-state index is -0.514. The fourth-order valence-corrected chi connectivity index (χ4v) is 4.15. The highest BCUT2D eigenvalue weighted by Gasteiger charge is 2.17. The topological polar surface area (TPSA) is 134 Å². The molecular weight excluding hydrogens is 449 g/mol. The number of aromatic amines is 2. The number of benzene rings is 2. The van der Waals surface area contributed by atoms with Crippen molar-refractivity contribution in [3.05, 3.63) is 88.0 Å². The van der Waals surface area contributed by atoms with Gasteiger partial charge in [-0.1, -0.05) is 5.21 Å². The van der Waals surface area contributed by atoms with Gasteiger partial charge in [0, 0.05) is 18.0 Å². The first-order valence-corrected chi connectivity index (χ1v) is 10.7. The van der Waals surface area contributed by atoms with E-state index in [2.05, 4.69) is 36.4 Å². The summed E-state index contributed by atoms with van der Waals surface area (Å²) in [4.78, 5) is 21.4. The molecule has 2 N–H and O–H groups in total. The number of pyridine rings is 1. The molecule has 0 amide bonds. The minimum Gasteiger partial charge on any atom is -0.306 e. The molecule has 0 atom stereocenters. The van der Waals surface area contributed by atoms with E-state index in [1.807, 2.05) is 6.92 Å². The number of halogens is 1. The Kier molecular flexibility index (Phi) is 4.53. The lowest BCUT2D eigenvalue weighted by molar-refractivity contribution is 0.635. The summed E-state index contributed by atoms with van der Waals surface area (Å²) in [7, 11) is 0. The van der Waals surface area contributed by atoms with Crippen molar-refractivity contribution in [2.24, 2.45) is 0 Å². The molecule has 11 heteroatoms. The first-order valence-electron chi connectivity index (χ1n) is 10.7. The maximum absolute atomic E-state index is 15.1. The Hall–Kier alpha value is -5.11. The molecule has 10 nitrogen and oxygen atoms in total. The van der Waals surface area contributed by atoms with Crippen molar-refractivity contribution in [3.8, 4) is 23.0 Å². The van der Waals surface area contributed by atoms with Crippen LogP contribution in [0.4, 0.5) is 4.39 Å². The van der Waals surface area contributed by atoms with Crippen LogP contribution in [0.2, 0.25) is 0 Å². The van der Waals surface area contributed by atoms with Gasteiger partial charge in [-0.05, 0) is 55.0 Å². The lowest BCUT2D eigenvalue weighted by Crippen LogP contribution is -2.07. The van der Waals surface area contributed by atoms with Gasteiger partial charge < -0.3 is 9.97 Å². The molecule has 0 saturated carbocycles. The molecule has 0 bridgehead atoms. The van der Waals surface area contributed by atoms with Gasteiger partial charge in [0.25, 0.3) is 0 Å². The molecule has 0 aliphatic rings. The molecule has 0 aliphatic carbocycles. The Bertz CT molecular complexity index is 1850. The number of aryl methyl sites for hydroxylation is 1. The molecule has 6 aromatic rings. The van der Waals surface area contributed by atoms with Gasteiger partial charge in [-0.25, -0.2) is 13.9 Å². The molecule has 4 heterocycles. The van der Waals surface area contributed by atoms with Crippen LogP contribution in [0.3, 0.4) is 0 Å². The summed E-state index contributed by atoms with van der Waals surface area (Å²) < 4.78 is 18.3. The van der Waals surface area contributed by atoms with Crippen LogP contribution < -0.4 is 5.69 Å². The number of nitrogens with one attached hydrogen (secondary N) is 2. The van der Waals surface area contributed by atoms with Crippen molar-refractivity contribution < 1.29 is 4.39 Å². The minimum absolute atomic E-state index is 0.132. The zero-order chi connectivity index (χ0) is 24.1. The molecule has 0 unspecified atom stereocenters. The van der Waals surface area contributed by atoms with Crippen molar-refractivity contribution in [2.75, 3.05) is 0 Å². The number of rotatable bonds is 4. The molecule has 0 radical (unpaired) electrons. The number of H-pyrrole nitrogens is 2. The average molecular weight is 465 g/mol. The second-order valence-corrected chi connectivity index (χ2v) is 8.11. The van der Waals surface area contributed by atoms with Crippen molar-refractivity contribution in [3.63, 3.8) is 0 Å². The molecule has 0 aliphatic heterocycles. The van der Waals surface area contributed by atoms with Crippen molar-refractivity contribution >= 4 is 22.1 Å². The summed E-state index contributed by atoms with van der Waals surface area (Å²) in [5.74, 6) is -0.514. The first-order chi connectivity index (χ1) is 17.0. The SMILES string of the molecule is Cc1cc(C#N)cnc1Cn1nccc1-c1cc(F)c2nnn(-c3ccc4[nH]c(=O)[nH]c4c3)c2c1. The van der Waals surface area contributed by atoms with E-state index in [1.54, 1.807) is 47.3 Å². The van der Waals surface area contributed by atoms with E-state index in [4.69, 9.17) is 5.26 Å². The van der Waals surface area contributed by atoms with Crippen LogP contribution in [0.15, 0.2) is 59.7 Å². The van der Waals surface area contributed by atoms with Gasteiger partial charge in [-0.3, -0.25) is 9.67 Å². The summed E-state index contributed by atoms with van der Waals surface area (Å²) in [6.45, 7) is 2.24. The van der Waals surface area contributed by atoms with Gasteiger partial charge in [0.2, 0.25) is 0 Å². The Labute approximate surface area is 196 Å². The monoisotopic (exact) mass is 465 g/mol. The standard InChI is InChI=1S/C24H16FN9O/c1-13-6-14(10-26)11-27-20(13)12-33-21(4-5-28-33)15-7-17(25)23-22(8-15)34(32-31-23)16-2-3-18-19(9-16)30-24(35)29-18/h2-9,11H,12H2,1H3,(H2,29,30,35). The lowest BCUT2D eigenvalue weighted by atomic mass is 10.1. The third-order valence-electron chi connectivity index (χ3n) is 5.88. The Balaban J connectivity index is 1.44. The van der Waals surface area contributed by atoms with Gasteiger partial charge in [0.15, 0.2) is 5.82 Å². The van der Waals surface area contributed by atoms with E-state index in [0.717, 1.165) is 11.3 Å². The van der Waals surface area contributed by atoms with E-state index in [9.17, 15) is 4.79 Å². The van der Waals surface area contributed by atoms with E-state index >= 15 is 4.39 Å². The highest BCUT2D eigenvalue weighted by Crippen LogP contribution is 2.28. The Morgan fingerprint density at radius 1 is 1.11 bits per heavy atom. The predicted molar refractivity (Wildman–Crippen MR) is 125 cm³/mol. The van der Waals surface area contributed by atoms with Crippen molar-refractivity contribution in [1.82, 2.24) is 39.7 Å². The molecule has 170 valence electrons. The zero-order valence-electron chi connectivity index (χ0n) is 18.3. The molecule has 6 rings (SSSR count). The molecule has 2 aromatic carbocycles. The largest absolute Gasteiger partial charge is 0.323 e. The van der Waals surface area contributed by atoms with Gasteiger partial charge >= 0.3 is 5.69 Å². The third-order valence-corrected chi connectivity index (χ3v) is 5.88. The molecule has 0 fully saturated rings. The lowest BCUT2D eigenvalue weighted by Gasteiger charge is -2.10. The molecule has 4 aromatic heterocycles. The normalized spacial score (nSPS) is 11.3. The van der Waals surface area contributed by atoms with E-state index < -0.39 is 5.82 Å². The average Bonchev–Trinajstić information content (AvgIpc) is 3.57. The van der Waals surface area contributed by atoms with Gasteiger partial charge in [-0.2, -0.15) is 10.4 Å². The Morgan fingerprint density at radius 2 is 1.97 bits per heavy atom. The maximum Gasteiger partial charge on any atom is 0.323 e. The summed E-state index contributed by atoms with van der Waals surface area (Å²) >= 11 is 0. The van der Waals surface area contributed by atoms with Crippen molar-refractivity contribution in [2.45, 2.75) is 13.5 Å². The summed E-state index contributed by atoms with van der Waals surface area (Å²) in [6.07, 6.45) is 3.16. The van der Waals surface area contributed by atoms with E-state index in [1.165, 1.54) is 16.9 Å². The predicted octanol–water partition coefficient (Wildman–Crippen LogP) is 3.22. The molecule has 0 saturated heterocycles. The van der Waals surface area contributed by atoms with Crippen LogP contribution in [0.1, 0.15) is 16.8 Å². The first kappa shape index (κ1) is 20.5. The number of fused-ring (bicyclic) bond motifs is 2. The maximum atomic E-state index is 15.1. The van der Waals surface area contributed by atoms with E-state index in [0.29, 0.717) is 45.6 Å². The van der Waals surface area contributed by atoms with Crippen LogP contribution in [0, 0.1) is 24.1 Å². The summed E-state index contributed by atoms with van der Waals surface area (Å²) in [5, 5.41) is 21.6. The highest BCUT2D eigenvalue weighted by atomic mass is 19.1.